The van der Waals surface area contributed by atoms with E-state index in [1.165, 1.54) is 24.3 Å². The highest BCUT2D eigenvalue weighted by molar-refractivity contribution is 5.89. The van der Waals surface area contributed by atoms with Crippen molar-refractivity contribution in [3.05, 3.63) is 72.2 Å². The summed E-state index contributed by atoms with van der Waals surface area (Å²) in [5.74, 6) is -0.282. The van der Waals surface area contributed by atoms with E-state index < -0.39 is 23.7 Å². The Morgan fingerprint density at radius 3 is 2.44 bits per heavy atom. The molecule has 1 aromatic heterocycles. The van der Waals surface area contributed by atoms with Crippen LogP contribution in [0.1, 0.15) is 12.1 Å². The van der Waals surface area contributed by atoms with E-state index in [4.69, 9.17) is 0 Å². The molecule has 10 heteroatoms. The molecule has 0 saturated carbocycles. The molecule has 1 aliphatic heterocycles. The minimum atomic E-state index is -4.62. The molecule has 6 nitrogen and oxygen atoms in total. The fourth-order valence-corrected chi connectivity index (χ4v) is 3.43. The molecule has 2 amide bonds. The Bertz CT molecular complexity index is 1090. The molecule has 3 aromatic rings. The number of benzene rings is 2. The van der Waals surface area contributed by atoms with Gasteiger partial charge in [-0.05, 0) is 30.7 Å². The topological polar surface area (TPSA) is 70.2 Å². The molecule has 32 heavy (non-hydrogen) atoms. The van der Waals surface area contributed by atoms with E-state index in [-0.39, 0.29) is 17.7 Å². The Kier molecular flexibility index (Phi) is 5.93. The second-order valence-corrected chi connectivity index (χ2v) is 7.34. The standard InChI is InChI=1S/C22H19F4N5O/c23-15-6-8-16(9-7-15)27-21(32)28-17-10-11-31(13-17)19-12-18(22(24,25)26)29-20(30-19)14-4-2-1-3-5-14/h1-9,12,17H,10-11,13H2,(H2,27,28,32). The van der Waals surface area contributed by atoms with Gasteiger partial charge in [0.15, 0.2) is 11.5 Å². The number of halogens is 4. The largest absolute Gasteiger partial charge is 0.433 e. The van der Waals surface area contributed by atoms with Crippen molar-refractivity contribution in [1.29, 1.82) is 0 Å². The number of nitrogens with zero attached hydrogens (tertiary/aromatic N) is 3. The minimum Gasteiger partial charge on any atom is -0.354 e. The van der Waals surface area contributed by atoms with Gasteiger partial charge in [0.25, 0.3) is 0 Å². The number of anilines is 2. The van der Waals surface area contributed by atoms with Gasteiger partial charge in [-0.1, -0.05) is 30.3 Å². The molecular weight excluding hydrogens is 426 g/mol. The fourth-order valence-electron chi connectivity index (χ4n) is 3.43. The van der Waals surface area contributed by atoms with E-state index in [0.717, 1.165) is 6.07 Å². The van der Waals surface area contributed by atoms with Crippen molar-refractivity contribution in [2.75, 3.05) is 23.3 Å². The van der Waals surface area contributed by atoms with E-state index >= 15 is 0 Å². The lowest BCUT2D eigenvalue weighted by Gasteiger charge is -2.20. The maximum Gasteiger partial charge on any atom is 0.433 e. The van der Waals surface area contributed by atoms with E-state index in [9.17, 15) is 22.4 Å². The summed E-state index contributed by atoms with van der Waals surface area (Å²) in [6.07, 6.45) is -4.09. The Labute approximate surface area is 181 Å². The average molecular weight is 445 g/mol. The zero-order valence-corrected chi connectivity index (χ0v) is 16.7. The molecule has 1 saturated heterocycles. The van der Waals surface area contributed by atoms with Crippen molar-refractivity contribution in [3.63, 3.8) is 0 Å². The number of urea groups is 1. The third-order valence-electron chi connectivity index (χ3n) is 4.98. The summed E-state index contributed by atoms with van der Waals surface area (Å²) < 4.78 is 53.3. The molecule has 2 heterocycles. The summed E-state index contributed by atoms with van der Waals surface area (Å²) in [5, 5.41) is 5.38. The first kappa shape index (κ1) is 21.5. The number of carbonyl (C=O) groups excluding carboxylic acids is 1. The summed E-state index contributed by atoms with van der Waals surface area (Å²) in [4.78, 5) is 21.9. The van der Waals surface area contributed by atoms with Gasteiger partial charge < -0.3 is 15.5 Å². The van der Waals surface area contributed by atoms with Gasteiger partial charge in [-0.2, -0.15) is 13.2 Å². The molecule has 4 rings (SSSR count). The SMILES string of the molecule is O=C(Nc1ccc(F)cc1)NC1CCN(c2cc(C(F)(F)F)nc(-c3ccccc3)n2)C1. The fraction of sp³-hybridized carbons (Fsp3) is 0.227. The Hall–Kier alpha value is -3.69. The van der Waals surface area contributed by atoms with Crippen LogP contribution < -0.4 is 15.5 Å². The number of alkyl halides is 3. The first-order chi connectivity index (χ1) is 15.3. The molecule has 1 atom stereocenters. The summed E-state index contributed by atoms with van der Waals surface area (Å²) >= 11 is 0. The second-order valence-electron chi connectivity index (χ2n) is 7.34. The van der Waals surface area contributed by atoms with Crippen LogP contribution in [0.2, 0.25) is 0 Å². The zero-order valence-electron chi connectivity index (χ0n) is 16.7. The van der Waals surface area contributed by atoms with Gasteiger partial charge in [0.05, 0.1) is 0 Å². The third kappa shape index (κ3) is 5.13. The van der Waals surface area contributed by atoms with Crippen LogP contribution in [0.4, 0.5) is 33.9 Å². The zero-order chi connectivity index (χ0) is 22.7. The van der Waals surface area contributed by atoms with Crippen molar-refractivity contribution >= 4 is 17.5 Å². The van der Waals surface area contributed by atoms with Crippen LogP contribution in [0.15, 0.2) is 60.7 Å². The summed E-state index contributed by atoms with van der Waals surface area (Å²) in [6.45, 7) is 0.712. The van der Waals surface area contributed by atoms with E-state index in [2.05, 4.69) is 20.6 Å². The Morgan fingerprint density at radius 1 is 1.03 bits per heavy atom. The smallest absolute Gasteiger partial charge is 0.354 e. The normalized spacial score (nSPS) is 16.1. The van der Waals surface area contributed by atoms with Gasteiger partial charge in [0.1, 0.15) is 11.6 Å². The predicted molar refractivity (Wildman–Crippen MR) is 112 cm³/mol. The molecule has 0 aliphatic carbocycles. The van der Waals surface area contributed by atoms with Gasteiger partial charge in [-0.25, -0.2) is 19.2 Å². The average Bonchev–Trinajstić information content (AvgIpc) is 3.23. The van der Waals surface area contributed by atoms with Crippen molar-refractivity contribution in [1.82, 2.24) is 15.3 Å². The number of amides is 2. The molecule has 2 N–H and O–H groups in total. The van der Waals surface area contributed by atoms with Gasteiger partial charge in [0, 0.05) is 36.4 Å². The van der Waals surface area contributed by atoms with Crippen LogP contribution in [-0.2, 0) is 6.18 Å². The first-order valence-corrected chi connectivity index (χ1v) is 9.88. The number of rotatable bonds is 4. The number of nitrogens with one attached hydrogen (secondary N) is 2. The van der Waals surface area contributed by atoms with Crippen molar-refractivity contribution in [2.45, 2.75) is 18.6 Å². The summed E-state index contributed by atoms with van der Waals surface area (Å²) in [5.41, 5.74) is -0.115. The van der Waals surface area contributed by atoms with E-state index in [1.54, 1.807) is 35.2 Å². The summed E-state index contributed by atoms with van der Waals surface area (Å²) in [7, 11) is 0. The quantitative estimate of drug-likeness (QED) is 0.571. The van der Waals surface area contributed by atoms with Gasteiger partial charge in [-0.15, -0.1) is 0 Å². The third-order valence-corrected chi connectivity index (χ3v) is 4.98. The maximum absolute atomic E-state index is 13.4. The van der Waals surface area contributed by atoms with E-state index in [0.29, 0.717) is 30.8 Å². The molecule has 0 radical (unpaired) electrons. The molecular formula is C22H19F4N5O. The van der Waals surface area contributed by atoms with Gasteiger partial charge in [0.2, 0.25) is 0 Å². The number of hydrogen-bond acceptors (Lipinski definition) is 4. The summed E-state index contributed by atoms with van der Waals surface area (Å²) in [6, 6.07) is 13.9. The highest BCUT2D eigenvalue weighted by Crippen LogP contribution is 2.32. The van der Waals surface area contributed by atoms with Crippen LogP contribution in [0.3, 0.4) is 0 Å². The lowest BCUT2D eigenvalue weighted by Crippen LogP contribution is -2.39. The molecule has 166 valence electrons. The minimum absolute atomic E-state index is 0.0131. The highest BCUT2D eigenvalue weighted by Gasteiger charge is 2.35. The van der Waals surface area contributed by atoms with Crippen LogP contribution in [0, 0.1) is 5.82 Å². The van der Waals surface area contributed by atoms with Crippen LogP contribution in [-0.4, -0.2) is 35.1 Å². The second kappa shape index (κ2) is 8.81. The van der Waals surface area contributed by atoms with Crippen molar-refractivity contribution in [2.24, 2.45) is 0 Å². The number of hydrogen-bond donors (Lipinski definition) is 2. The molecule has 1 fully saturated rings. The Balaban J connectivity index is 1.48. The molecule has 0 bridgehead atoms. The molecule has 1 aliphatic rings. The number of carbonyl (C=O) groups is 1. The van der Waals surface area contributed by atoms with Crippen LogP contribution in [0.5, 0.6) is 0 Å². The lowest BCUT2D eigenvalue weighted by atomic mass is 10.2. The lowest BCUT2D eigenvalue weighted by molar-refractivity contribution is -0.141. The van der Waals surface area contributed by atoms with E-state index in [1.807, 2.05) is 0 Å². The van der Waals surface area contributed by atoms with Gasteiger partial charge in [-0.3, -0.25) is 0 Å². The molecule has 2 aromatic carbocycles. The monoisotopic (exact) mass is 445 g/mol. The molecule has 0 spiro atoms. The highest BCUT2D eigenvalue weighted by atomic mass is 19.4. The van der Waals surface area contributed by atoms with Crippen molar-refractivity contribution in [3.8, 4) is 11.4 Å². The number of aromatic nitrogens is 2. The van der Waals surface area contributed by atoms with Crippen molar-refractivity contribution < 1.29 is 22.4 Å². The van der Waals surface area contributed by atoms with Crippen LogP contribution in [0.25, 0.3) is 11.4 Å². The Morgan fingerprint density at radius 2 is 1.75 bits per heavy atom. The first-order valence-electron chi connectivity index (χ1n) is 9.88. The predicted octanol–water partition coefficient (Wildman–Crippen LogP) is 4.70. The molecule has 1 unspecified atom stereocenters. The van der Waals surface area contributed by atoms with Gasteiger partial charge >= 0.3 is 12.2 Å². The van der Waals surface area contributed by atoms with Crippen LogP contribution >= 0.6 is 0 Å². The maximum atomic E-state index is 13.4.